The van der Waals surface area contributed by atoms with Gasteiger partial charge in [-0.25, -0.2) is 0 Å². The smallest absolute Gasteiger partial charge is 0.0708 e. The number of allylic oxidation sites excluding steroid dienone is 5. The highest BCUT2D eigenvalue weighted by Gasteiger charge is 1.74. The highest BCUT2D eigenvalue weighted by atomic mass is 79.9. The van der Waals surface area contributed by atoms with Crippen LogP contribution in [0.25, 0.3) is 0 Å². The summed E-state index contributed by atoms with van der Waals surface area (Å²) in [5, 5.41) is 0. The molecule has 0 amide bonds. The molecule has 0 heterocycles. The molecular weight excluding hydrogens is 175 g/mol. The fourth-order valence-corrected chi connectivity index (χ4v) is 0.459. The lowest BCUT2D eigenvalue weighted by Gasteiger charge is -1.80. The van der Waals surface area contributed by atoms with Crippen LogP contribution in [0.3, 0.4) is 0 Å². The number of hydrogen-bond donors (Lipinski definition) is 0. The van der Waals surface area contributed by atoms with Gasteiger partial charge < -0.3 is 0 Å². The molecule has 0 saturated carbocycles. The zero-order valence-electron chi connectivity index (χ0n) is 5.18. The van der Waals surface area contributed by atoms with Crippen molar-refractivity contribution in [1.29, 1.82) is 0 Å². The van der Waals surface area contributed by atoms with Crippen molar-refractivity contribution in [2.45, 2.75) is 6.32 Å². The van der Waals surface area contributed by atoms with E-state index in [-0.39, 0.29) is 0 Å². The Morgan fingerprint density at radius 3 is 2.78 bits per heavy atom. The molecule has 0 bridgehead atoms. The number of hydrogen-bond acceptors (Lipinski definition) is 0. The molecule has 0 N–H and O–H groups in total. The van der Waals surface area contributed by atoms with Gasteiger partial charge in [-0.3, -0.25) is 0 Å². The van der Waals surface area contributed by atoms with Crippen molar-refractivity contribution >= 4 is 23.8 Å². The standard InChI is InChI=1S/C7H8BBr/c1-2-7(9)5-3-4-6-8/h2-5H,1,6H2/b4-3-,7-5+. The van der Waals surface area contributed by atoms with E-state index in [1.165, 1.54) is 0 Å². The third kappa shape index (κ3) is 5.64. The highest BCUT2D eigenvalue weighted by Crippen LogP contribution is 2.04. The topological polar surface area (TPSA) is 0 Å². The monoisotopic (exact) mass is 182 g/mol. The summed E-state index contributed by atoms with van der Waals surface area (Å²) in [6, 6.07) is 0. The van der Waals surface area contributed by atoms with Crippen LogP contribution >= 0.6 is 15.9 Å². The van der Waals surface area contributed by atoms with E-state index in [2.05, 4.69) is 22.5 Å². The Bertz CT molecular complexity index is 136. The molecule has 0 spiro atoms. The first-order valence-corrected chi connectivity index (χ1v) is 3.45. The van der Waals surface area contributed by atoms with Crippen LogP contribution in [-0.4, -0.2) is 7.85 Å². The summed E-state index contributed by atoms with van der Waals surface area (Å²) in [7, 11) is 5.20. The molecule has 0 aromatic heterocycles. The largest absolute Gasteiger partial charge is 0.0979 e. The lowest BCUT2D eigenvalue weighted by molar-refractivity contribution is 1.70. The first-order valence-electron chi connectivity index (χ1n) is 2.66. The normalized spacial score (nSPS) is 12.3. The van der Waals surface area contributed by atoms with Gasteiger partial charge in [-0.05, 0) is 6.08 Å². The van der Waals surface area contributed by atoms with Gasteiger partial charge >= 0.3 is 0 Å². The van der Waals surface area contributed by atoms with Gasteiger partial charge in [0.15, 0.2) is 0 Å². The van der Waals surface area contributed by atoms with Gasteiger partial charge in [-0.2, -0.15) is 0 Å². The summed E-state index contributed by atoms with van der Waals surface area (Å²) < 4.78 is 0.965. The Labute approximate surface area is 65.9 Å². The fourth-order valence-electron chi connectivity index (χ4n) is 0.307. The molecule has 0 aliphatic rings. The van der Waals surface area contributed by atoms with Gasteiger partial charge in [-0.1, -0.05) is 47.1 Å². The maximum absolute atomic E-state index is 5.20. The minimum Gasteiger partial charge on any atom is -0.0979 e. The second-order valence-electron chi connectivity index (χ2n) is 1.42. The van der Waals surface area contributed by atoms with Gasteiger partial charge in [0, 0.05) is 4.48 Å². The predicted molar refractivity (Wildman–Crippen MR) is 46.9 cm³/mol. The molecule has 0 aliphatic heterocycles. The van der Waals surface area contributed by atoms with Crippen molar-refractivity contribution in [1.82, 2.24) is 0 Å². The lowest BCUT2D eigenvalue weighted by atomic mass is 10.1. The van der Waals surface area contributed by atoms with Crippen LogP contribution < -0.4 is 0 Å². The van der Waals surface area contributed by atoms with Crippen molar-refractivity contribution in [3.63, 3.8) is 0 Å². The summed E-state index contributed by atoms with van der Waals surface area (Å²) in [5.41, 5.74) is 0. The summed E-state index contributed by atoms with van der Waals surface area (Å²) in [6.07, 6.45) is 7.94. The average Bonchev–Trinajstić information content (AvgIpc) is 1.89. The van der Waals surface area contributed by atoms with Crippen molar-refractivity contribution in [3.8, 4) is 0 Å². The summed E-state index contributed by atoms with van der Waals surface area (Å²) in [6.45, 7) is 3.56. The maximum atomic E-state index is 5.20. The van der Waals surface area contributed by atoms with Crippen LogP contribution in [-0.2, 0) is 0 Å². The predicted octanol–water partition coefficient (Wildman–Crippen LogP) is 2.59. The minimum absolute atomic E-state index is 0.577. The van der Waals surface area contributed by atoms with E-state index in [0.29, 0.717) is 6.32 Å². The third-order valence-corrected chi connectivity index (χ3v) is 1.31. The molecule has 0 rings (SSSR count). The Morgan fingerprint density at radius 1 is 1.67 bits per heavy atom. The molecule has 0 nitrogen and oxygen atoms in total. The zero-order valence-corrected chi connectivity index (χ0v) is 6.76. The van der Waals surface area contributed by atoms with E-state index < -0.39 is 0 Å². The first-order chi connectivity index (χ1) is 4.31. The number of halogens is 1. The van der Waals surface area contributed by atoms with E-state index in [4.69, 9.17) is 7.85 Å². The van der Waals surface area contributed by atoms with Crippen molar-refractivity contribution in [2.24, 2.45) is 0 Å². The van der Waals surface area contributed by atoms with Crippen molar-refractivity contribution in [3.05, 3.63) is 35.4 Å². The molecule has 0 aromatic carbocycles. The molecule has 2 heteroatoms. The Balaban J connectivity index is 3.68. The zero-order chi connectivity index (χ0) is 7.11. The molecule has 0 saturated heterocycles. The molecular formula is C7H8BBr. The molecule has 46 valence electrons. The lowest BCUT2D eigenvalue weighted by Crippen LogP contribution is -1.59. The summed E-state index contributed by atoms with van der Waals surface area (Å²) >= 11 is 3.26. The highest BCUT2D eigenvalue weighted by molar-refractivity contribution is 9.11. The molecule has 0 unspecified atom stereocenters. The van der Waals surface area contributed by atoms with E-state index in [1.807, 2.05) is 18.2 Å². The number of rotatable bonds is 3. The Kier molecular flexibility index (Phi) is 5.74. The quantitative estimate of drug-likeness (QED) is 0.465. The molecule has 2 radical (unpaired) electrons. The van der Waals surface area contributed by atoms with E-state index in [1.54, 1.807) is 6.08 Å². The van der Waals surface area contributed by atoms with E-state index in [0.717, 1.165) is 4.48 Å². The second kappa shape index (κ2) is 5.89. The van der Waals surface area contributed by atoms with Crippen LogP contribution in [0.4, 0.5) is 0 Å². The average molecular weight is 183 g/mol. The van der Waals surface area contributed by atoms with Crippen molar-refractivity contribution < 1.29 is 0 Å². The summed E-state index contributed by atoms with van der Waals surface area (Å²) in [4.78, 5) is 0. The molecule has 0 aliphatic carbocycles. The van der Waals surface area contributed by atoms with Crippen LogP contribution in [0.1, 0.15) is 0 Å². The van der Waals surface area contributed by atoms with Gasteiger partial charge in [0.2, 0.25) is 0 Å². The third-order valence-electron chi connectivity index (χ3n) is 0.723. The minimum atomic E-state index is 0.577. The van der Waals surface area contributed by atoms with Crippen LogP contribution in [0.5, 0.6) is 0 Å². The second-order valence-corrected chi connectivity index (χ2v) is 2.34. The van der Waals surface area contributed by atoms with Crippen LogP contribution in [0.2, 0.25) is 6.32 Å². The van der Waals surface area contributed by atoms with Gasteiger partial charge in [0.1, 0.15) is 0 Å². The maximum Gasteiger partial charge on any atom is 0.0708 e. The van der Waals surface area contributed by atoms with E-state index >= 15 is 0 Å². The fraction of sp³-hybridized carbons (Fsp3) is 0.143. The molecule has 0 atom stereocenters. The van der Waals surface area contributed by atoms with Crippen LogP contribution in [0, 0.1) is 0 Å². The first kappa shape index (κ1) is 8.76. The van der Waals surface area contributed by atoms with Crippen LogP contribution in [0.15, 0.2) is 35.4 Å². The Hall–Kier alpha value is -0.235. The SMILES string of the molecule is [B]C/C=C\C=C(\Br)C=C. The van der Waals surface area contributed by atoms with Gasteiger partial charge in [0.05, 0.1) is 7.85 Å². The Morgan fingerprint density at radius 2 is 2.33 bits per heavy atom. The van der Waals surface area contributed by atoms with E-state index in [9.17, 15) is 0 Å². The van der Waals surface area contributed by atoms with Crippen molar-refractivity contribution in [2.75, 3.05) is 0 Å². The molecule has 0 aromatic rings. The van der Waals surface area contributed by atoms with Gasteiger partial charge in [0.25, 0.3) is 0 Å². The summed E-state index contributed by atoms with van der Waals surface area (Å²) in [5.74, 6) is 0. The molecule has 9 heavy (non-hydrogen) atoms. The van der Waals surface area contributed by atoms with Gasteiger partial charge in [-0.15, -0.1) is 0 Å². The molecule has 0 fully saturated rings.